The fraction of sp³-hybridized carbons (Fsp3) is 0.462. The first-order valence-corrected chi connectivity index (χ1v) is 6.43. The average molecular weight is 271 g/mol. The van der Waals surface area contributed by atoms with Crippen molar-refractivity contribution in [3.8, 4) is 0 Å². The van der Waals surface area contributed by atoms with Gasteiger partial charge in [-0.1, -0.05) is 18.5 Å². The molecule has 18 heavy (non-hydrogen) atoms. The highest BCUT2D eigenvalue weighted by Crippen LogP contribution is 2.21. The minimum atomic E-state index is -0.487. The summed E-state index contributed by atoms with van der Waals surface area (Å²) in [5.41, 5.74) is 0.520. The molecule has 1 amide bonds. The molecule has 1 aliphatic rings. The molecule has 0 spiro atoms. The monoisotopic (exact) mass is 270 g/mol. The van der Waals surface area contributed by atoms with Crippen LogP contribution < -0.4 is 10.6 Å². The molecule has 2 N–H and O–H groups in total. The number of hydrogen-bond acceptors (Lipinski definition) is 2. The third kappa shape index (κ3) is 3.21. The Labute approximate surface area is 111 Å². The predicted molar refractivity (Wildman–Crippen MR) is 70.2 cm³/mol. The summed E-state index contributed by atoms with van der Waals surface area (Å²) in [4.78, 5) is 12.0. The number of benzene rings is 1. The number of carbonyl (C=O) groups excluding carboxylic acids is 1. The molecule has 1 heterocycles. The molecule has 1 aromatic rings. The van der Waals surface area contributed by atoms with E-state index in [1.165, 1.54) is 18.2 Å². The van der Waals surface area contributed by atoms with E-state index in [-0.39, 0.29) is 17.0 Å². The van der Waals surface area contributed by atoms with E-state index >= 15 is 0 Å². The van der Waals surface area contributed by atoms with E-state index in [9.17, 15) is 9.18 Å². The van der Waals surface area contributed by atoms with E-state index in [0.717, 1.165) is 19.4 Å². The highest BCUT2D eigenvalue weighted by atomic mass is 35.5. The molecule has 5 heteroatoms. The van der Waals surface area contributed by atoms with Gasteiger partial charge in [0.15, 0.2) is 0 Å². The second-order valence-electron chi connectivity index (χ2n) is 4.75. The zero-order valence-electron chi connectivity index (χ0n) is 10.2. The van der Waals surface area contributed by atoms with Crippen molar-refractivity contribution in [1.29, 1.82) is 0 Å². The van der Waals surface area contributed by atoms with E-state index in [1.807, 2.05) is 0 Å². The van der Waals surface area contributed by atoms with Gasteiger partial charge in [0.2, 0.25) is 5.91 Å². The molecule has 0 aromatic heterocycles. The summed E-state index contributed by atoms with van der Waals surface area (Å²) in [7, 11) is 0. The van der Waals surface area contributed by atoms with Crippen LogP contribution >= 0.6 is 11.6 Å². The second-order valence-corrected chi connectivity index (χ2v) is 5.16. The molecule has 2 atom stereocenters. The largest absolute Gasteiger partial charge is 0.325 e. The van der Waals surface area contributed by atoms with Crippen LogP contribution in [-0.2, 0) is 4.79 Å². The third-order valence-corrected chi connectivity index (χ3v) is 3.46. The van der Waals surface area contributed by atoms with Crippen LogP contribution in [0.5, 0.6) is 0 Å². The van der Waals surface area contributed by atoms with Crippen molar-refractivity contribution in [2.45, 2.75) is 25.8 Å². The van der Waals surface area contributed by atoms with Gasteiger partial charge in [-0.25, -0.2) is 4.39 Å². The van der Waals surface area contributed by atoms with E-state index < -0.39 is 5.82 Å². The van der Waals surface area contributed by atoms with Crippen LogP contribution in [0.4, 0.5) is 10.1 Å². The Kier molecular flexibility index (Phi) is 4.19. The van der Waals surface area contributed by atoms with Gasteiger partial charge in [0.1, 0.15) is 5.82 Å². The summed E-state index contributed by atoms with van der Waals surface area (Å²) < 4.78 is 13.0. The van der Waals surface area contributed by atoms with Crippen LogP contribution in [0.15, 0.2) is 18.2 Å². The summed E-state index contributed by atoms with van der Waals surface area (Å²) in [5, 5.41) is 5.94. The Morgan fingerprint density at radius 3 is 3.00 bits per heavy atom. The third-order valence-electron chi connectivity index (χ3n) is 3.17. The standard InChI is InChI=1S/C13H16ClFN2O/c1-8-4-5-16-12(6-8)13(18)17-9-2-3-11(15)10(14)7-9/h2-3,7-8,12,16H,4-6H2,1H3,(H,17,18). The molecule has 2 unspecified atom stereocenters. The molecule has 0 bridgehead atoms. The maximum Gasteiger partial charge on any atom is 0.241 e. The minimum absolute atomic E-state index is 0.0118. The van der Waals surface area contributed by atoms with Crippen molar-refractivity contribution in [2.75, 3.05) is 11.9 Å². The van der Waals surface area contributed by atoms with Gasteiger partial charge in [0, 0.05) is 5.69 Å². The van der Waals surface area contributed by atoms with Crippen LogP contribution in [0.3, 0.4) is 0 Å². The van der Waals surface area contributed by atoms with Crippen molar-refractivity contribution < 1.29 is 9.18 Å². The number of carbonyl (C=O) groups is 1. The van der Waals surface area contributed by atoms with Gasteiger partial charge >= 0.3 is 0 Å². The summed E-state index contributed by atoms with van der Waals surface area (Å²) in [6, 6.07) is 3.99. The summed E-state index contributed by atoms with van der Waals surface area (Å²) in [6.45, 7) is 2.99. The lowest BCUT2D eigenvalue weighted by atomic mass is 9.94. The van der Waals surface area contributed by atoms with Crippen LogP contribution in [0.1, 0.15) is 19.8 Å². The maximum atomic E-state index is 13.0. The number of hydrogen-bond donors (Lipinski definition) is 2. The number of amides is 1. The Balaban J connectivity index is 2.00. The molecule has 1 aliphatic heterocycles. The lowest BCUT2D eigenvalue weighted by Crippen LogP contribution is -2.45. The topological polar surface area (TPSA) is 41.1 Å². The molecule has 1 aromatic carbocycles. The Morgan fingerprint density at radius 1 is 1.56 bits per heavy atom. The number of halogens is 2. The van der Waals surface area contributed by atoms with Gasteiger partial charge in [-0.2, -0.15) is 0 Å². The first kappa shape index (κ1) is 13.3. The fourth-order valence-corrected chi connectivity index (χ4v) is 2.29. The summed E-state index contributed by atoms with van der Waals surface area (Å²) in [6.07, 6.45) is 1.91. The average Bonchev–Trinajstić information content (AvgIpc) is 2.34. The number of anilines is 1. The van der Waals surface area contributed by atoms with E-state index in [2.05, 4.69) is 17.6 Å². The van der Waals surface area contributed by atoms with Gasteiger partial charge in [-0.05, 0) is 43.5 Å². The highest BCUT2D eigenvalue weighted by molar-refractivity contribution is 6.31. The van der Waals surface area contributed by atoms with Gasteiger partial charge < -0.3 is 10.6 Å². The minimum Gasteiger partial charge on any atom is -0.325 e. The zero-order valence-corrected chi connectivity index (χ0v) is 10.9. The van der Waals surface area contributed by atoms with Crippen molar-refractivity contribution in [2.24, 2.45) is 5.92 Å². The molecule has 0 aliphatic carbocycles. The SMILES string of the molecule is CC1CCNC(C(=O)Nc2ccc(F)c(Cl)c2)C1. The maximum absolute atomic E-state index is 13.0. The predicted octanol–water partition coefficient (Wildman–Crippen LogP) is 2.81. The molecule has 3 nitrogen and oxygen atoms in total. The van der Waals surface area contributed by atoms with Crippen LogP contribution in [0.2, 0.25) is 5.02 Å². The first-order chi connectivity index (χ1) is 8.56. The first-order valence-electron chi connectivity index (χ1n) is 6.05. The normalized spacial score (nSPS) is 23.7. The highest BCUT2D eigenvalue weighted by Gasteiger charge is 2.24. The quantitative estimate of drug-likeness (QED) is 0.868. The molecular formula is C13H16ClFN2O. The number of nitrogens with one attached hydrogen (secondary N) is 2. The Hall–Kier alpha value is -1.13. The van der Waals surface area contributed by atoms with Gasteiger partial charge in [0.25, 0.3) is 0 Å². The Bertz CT molecular complexity index is 453. The molecule has 1 fully saturated rings. The van der Waals surface area contributed by atoms with Crippen LogP contribution in [-0.4, -0.2) is 18.5 Å². The van der Waals surface area contributed by atoms with Gasteiger partial charge in [-0.3, -0.25) is 4.79 Å². The number of piperidine rings is 1. The summed E-state index contributed by atoms with van der Waals surface area (Å²) in [5.74, 6) is -0.0397. The second kappa shape index (κ2) is 5.67. The lowest BCUT2D eigenvalue weighted by Gasteiger charge is -2.27. The van der Waals surface area contributed by atoms with E-state index in [0.29, 0.717) is 11.6 Å². The van der Waals surface area contributed by atoms with E-state index in [1.54, 1.807) is 0 Å². The lowest BCUT2D eigenvalue weighted by molar-refractivity contribution is -0.119. The van der Waals surface area contributed by atoms with Crippen LogP contribution in [0, 0.1) is 11.7 Å². The molecular weight excluding hydrogens is 255 g/mol. The molecule has 0 saturated carbocycles. The fourth-order valence-electron chi connectivity index (χ4n) is 2.11. The zero-order chi connectivity index (χ0) is 13.1. The summed E-state index contributed by atoms with van der Waals surface area (Å²) >= 11 is 5.66. The van der Waals surface area contributed by atoms with Gasteiger partial charge in [-0.15, -0.1) is 0 Å². The van der Waals surface area contributed by atoms with Crippen molar-refractivity contribution in [3.63, 3.8) is 0 Å². The van der Waals surface area contributed by atoms with Gasteiger partial charge in [0.05, 0.1) is 11.1 Å². The molecule has 2 rings (SSSR count). The number of rotatable bonds is 2. The van der Waals surface area contributed by atoms with Crippen molar-refractivity contribution in [1.82, 2.24) is 5.32 Å². The van der Waals surface area contributed by atoms with Crippen molar-refractivity contribution >= 4 is 23.2 Å². The molecule has 1 saturated heterocycles. The van der Waals surface area contributed by atoms with E-state index in [4.69, 9.17) is 11.6 Å². The molecule has 0 radical (unpaired) electrons. The smallest absolute Gasteiger partial charge is 0.241 e. The Morgan fingerprint density at radius 2 is 2.33 bits per heavy atom. The van der Waals surface area contributed by atoms with Crippen molar-refractivity contribution in [3.05, 3.63) is 29.0 Å². The molecule has 98 valence electrons. The van der Waals surface area contributed by atoms with Crippen LogP contribution in [0.25, 0.3) is 0 Å².